The minimum absolute atomic E-state index is 0.0608. The number of nitrogens with one attached hydrogen (secondary N) is 1. The Morgan fingerprint density at radius 2 is 2.00 bits per heavy atom. The second kappa shape index (κ2) is 10.3. The Kier molecular flexibility index (Phi) is 8.77. The van der Waals surface area contributed by atoms with E-state index in [4.69, 9.17) is 4.74 Å². The second-order valence-electron chi connectivity index (χ2n) is 5.60. The number of nitrogens with zero attached hydrogens (tertiary/aromatic N) is 1. The predicted molar refractivity (Wildman–Crippen MR) is 101 cm³/mol. The number of benzene rings is 1. The molecule has 1 N–H and O–H groups in total. The third-order valence-electron chi connectivity index (χ3n) is 3.71. The van der Waals surface area contributed by atoms with Gasteiger partial charge in [0.05, 0.1) is 7.11 Å². The van der Waals surface area contributed by atoms with E-state index in [1.54, 1.807) is 7.11 Å². The second-order valence-corrected chi connectivity index (χ2v) is 6.05. The van der Waals surface area contributed by atoms with Gasteiger partial charge in [-0.25, -0.2) is 0 Å². The van der Waals surface area contributed by atoms with Crippen molar-refractivity contribution in [3.8, 4) is 5.75 Å². The van der Waals surface area contributed by atoms with E-state index in [0.29, 0.717) is 6.42 Å². The maximum atomic E-state index is 12.5. The summed E-state index contributed by atoms with van der Waals surface area (Å²) in [7, 11) is 1.64. The van der Waals surface area contributed by atoms with Crippen LogP contribution in [0.4, 0.5) is 5.69 Å². The topological polar surface area (TPSA) is 50.7 Å². The van der Waals surface area contributed by atoms with Crippen molar-refractivity contribution in [2.45, 2.75) is 52.5 Å². The Morgan fingerprint density at radius 1 is 1.35 bits per heavy atom. The minimum Gasteiger partial charge on any atom is -0.497 e. The fourth-order valence-electron chi connectivity index (χ4n) is 2.35. The largest absolute Gasteiger partial charge is 0.497 e. The van der Waals surface area contributed by atoms with Crippen LogP contribution in [0.3, 0.4) is 0 Å². The molecule has 0 radical (unpaired) electrons. The first kappa shape index (κ1) is 19.6. The number of carbonyl (C=O) groups excluding carboxylic acids is 1. The number of methoxy groups -OCH3 is 1. The van der Waals surface area contributed by atoms with Gasteiger partial charge in [0.25, 0.3) is 0 Å². The van der Waals surface area contributed by atoms with Crippen LogP contribution in [-0.4, -0.2) is 31.0 Å². The molecule has 0 aliphatic rings. The van der Waals surface area contributed by atoms with E-state index < -0.39 is 0 Å². The number of anilines is 1. The summed E-state index contributed by atoms with van der Waals surface area (Å²) < 4.78 is 5.25. The molecule has 128 valence electrons. The molecule has 1 atom stereocenters. The van der Waals surface area contributed by atoms with Crippen molar-refractivity contribution in [2.75, 3.05) is 18.2 Å². The number of ether oxygens (including phenoxy) is 1. The zero-order valence-electron chi connectivity index (χ0n) is 14.6. The molecule has 0 aliphatic carbocycles. The first-order valence-electron chi connectivity index (χ1n) is 8.12. The highest BCUT2D eigenvalue weighted by Gasteiger charge is 2.17. The number of hydrogen-bond acceptors (Lipinski definition) is 4. The summed E-state index contributed by atoms with van der Waals surface area (Å²) in [5, 5.41) is 3.01. The Balaban J connectivity index is 2.73. The molecule has 0 heterocycles. The molecule has 5 heteroatoms. The highest BCUT2D eigenvalue weighted by molar-refractivity contribution is 7.80. The van der Waals surface area contributed by atoms with Gasteiger partial charge in [0, 0.05) is 5.69 Å². The summed E-state index contributed by atoms with van der Waals surface area (Å²) in [5.41, 5.74) is 2.82. The van der Waals surface area contributed by atoms with Crippen LogP contribution in [0.2, 0.25) is 0 Å². The summed E-state index contributed by atoms with van der Waals surface area (Å²) in [6.45, 7) is 5.91. The maximum Gasteiger partial charge on any atom is 0.249 e. The van der Waals surface area contributed by atoms with Crippen LogP contribution in [0.1, 0.15) is 43.7 Å². The first-order valence-corrected chi connectivity index (χ1v) is 8.75. The zero-order chi connectivity index (χ0) is 17.2. The summed E-state index contributed by atoms with van der Waals surface area (Å²) in [4.78, 5) is 16.9. The van der Waals surface area contributed by atoms with E-state index in [0.717, 1.165) is 47.6 Å². The SMILES string of the molecule is CCC(N=CCCCCS)C(=O)Nc1c(C)cc(OC)cc1C. The lowest BCUT2D eigenvalue weighted by Gasteiger charge is -2.16. The molecule has 1 amide bonds. The van der Waals surface area contributed by atoms with Crippen molar-refractivity contribution in [1.29, 1.82) is 0 Å². The van der Waals surface area contributed by atoms with Crippen LogP contribution in [0.25, 0.3) is 0 Å². The summed E-state index contributed by atoms with van der Waals surface area (Å²) >= 11 is 4.19. The number of rotatable bonds is 9. The monoisotopic (exact) mass is 336 g/mol. The van der Waals surface area contributed by atoms with E-state index in [-0.39, 0.29) is 11.9 Å². The Morgan fingerprint density at radius 3 is 2.52 bits per heavy atom. The van der Waals surface area contributed by atoms with E-state index in [1.165, 1.54) is 0 Å². The number of aliphatic imine (C=N–C) groups is 1. The van der Waals surface area contributed by atoms with Crippen molar-refractivity contribution in [2.24, 2.45) is 4.99 Å². The van der Waals surface area contributed by atoms with Crippen LogP contribution in [0.5, 0.6) is 5.75 Å². The molecule has 1 aromatic carbocycles. The van der Waals surface area contributed by atoms with Gasteiger partial charge in [0.15, 0.2) is 0 Å². The van der Waals surface area contributed by atoms with Gasteiger partial charge in [-0.2, -0.15) is 12.6 Å². The lowest BCUT2D eigenvalue weighted by Crippen LogP contribution is -2.26. The number of thiol groups is 1. The molecular formula is C18H28N2O2S. The number of unbranched alkanes of at least 4 members (excludes halogenated alkanes) is 2. The number of aryl methyl sites for hydroxylation is 2. The quantitative estimate of drug-likeness (QED) is 0.403. The predicted octanol–water partition coefficient (Wildman–Crippen LogP) is 4.20. The van der Waals surface area contributed by atoms with Crippen molar-refractivity contribution in [1.82, 2.24) is 0 Å². The van der Waals surface area contributed by atoms with Crippen LogP contribution in [0.15, 0.2) is 17.1 Å². The van der Waals surface area contributed by atoms with E-state index >= 15 is 0 Å². The Labute approximate surface area is 145 Å². The van der Waals surface area contributed by atoms with Crippen molar-refractivity contribution >= 4 is 30.4 Å². The van der Waals surface area contributed by atoms with Gasteiger partial charge in [-0.05, 0) is 74.8 Å². The van der Waals surface area contributed by atoms with E-state index in [9.17, 15) is 4.79 Å². The number of hydrogen-bond donors (Lipinski definition) is 2. The minimum atomic E-state index is -0.341. The molecule has 0 aliphatic heterocycles. The highest BCUT2D eigenvalue weighted by Crippen LogP contribution is 2.26. The van der Waals surface area contributed by atoms with Crippen LogP contribution >= 0.6 is 12.6 Å². The zero-order valence-corrected chi connectivity index (χ0v) is 15.5. The summed E-state index contributed by atoms with van der Waals surface area (Å²) in [6.07, 6.45) is 5.57. The van der Waals surface area contributed by atoms with Gasteiger partial charge in [-0.15, -0.1) is 0 Å². The average Bonchev–Trinajstić information content (AvgIpc) is 2.53. The van der Waals surface area contributed by atoms with Gasteiger partial charge in [0.1, 0.15) is 11.8 Å². The molecule has 0 aromatic heterocycles. The highest BCUT2D eigenvalue weighted by atomic mass is 32.1. The van der Waals surface area contributed by atoms with E-state index in [1.807, 2.05) is 39.1 Å². The van der Waals surface area contributed by atoms with Gasteiger partial charge in [-0.1, -0.05) is 6.92 Å². The van der Waals surface area contributed by atoms with Gasteiger partial charge >= 0.3 is 0 Å². The normalized spacial score (nSPS) is 12.4. The fourth-order valence-corrected chi connectivity index (χ4v) is 2.58. The molecule has 0 saturated carbocycles. The van der Waals surface area contributed by atoms with Crippen molar-refractivity contribution in [3.05, 3.63) is 23.3 Å². The smallest absolute Gasteiger partial charge is 0.249 e. The average molecular weight is 337 g/mol. The summed E-state index contributed by atoms with van der Waals surface area (Å²) in [6, 6.07) is 3.50. The third kappa shape index (κ3) is 6.26. The lowest BCUT2D eigenvalue weighted by atomic mass is 10.1. The first-order chi connectivity index (χ1) is 11.0. The third-order valence-corrected chi connectivity index (χ3v) is 4.02. The van der Waals surface area contributed by atoms with Gasteiger partial charge in [-0.3, -0.25) is 9.79 Å². The number of amides is 1. The standard InChI is InChI=1S/C18H28N2O2S/c1-5-16(19-9-7-6-8-10-23)18(21)20-17-13(2)11-15(22-4)12-14(17)3/h9,11-12,16,23H,5-8,10H2,1-4H3,(H,20,21). The molecule has 0 saturated heterocycles. The van der Waals surface area contributed by atoms with Crippen molar-refractivity contribution in [3.63, 3.8) is 0 Å². The fraction of sp³-hybridized carbons (Fsp3) is 0.556. The van der Waals surface area contributed by atoms with Crippen molar-refractivity contribution < 1.29 is 9.53 Å². The Bertz CT molecular complexity index is 521. The molecule has 4 nitrogen and oxygen atoms in total. The molecular weight excluding hydrogens is 308 g/mol. The van der Waals surface area contributed by atoms with Gasteiger partial charge in [0.2, 0.25) is 5.91 Å². The molecule has 23 heavy (non-hydrogen) atoms. The van der Waals surface area contributed by atoms with Crippen LogP contribution in [-0.2, 0) is 4.79 Å². The van der Waals surface area contributed by atoms with Gasteiger partial charge < -0.3 is 10.1 Å². The molecule has 0 bridgehead atoms. The number of carbonyl (C=O) groups is 1. The summed E-state index contributed by atoms with van der Waals surface area (Å²) in [5.74, 6) is 1.63. The molecule has 0 fully saturated rings. The maximum absolute atomic E-state index is 12.5. The molecule has 1 unspecified atom stereocenters. The van der Waals surface area contributed by atoms with E-state index in [2.05, 4.69) is 22.9 Å². The lowest BCUT2D eigenvalue weighted by molar-refractivity contribution is -0.117. The molecule has 1 aromatic rings. The molecule has 0 spiro atoms. The van der Waals surface area contributed by atoms with Crippen LogP contribution < -0.4 is 10.1 Å². The van der Waals surface area contributed by atoms with Crippen LogP contribution in [0, 0.1) is 13.8 Å². The molecule has 1 rings (SSSR count). The Hall–Kier alpha value is -1.49.